The SMILES string of the molecule is COc1cccc(NC(=O)CN(C)Cc2ccc(-n3cccn3)cc2)c1.O=C(O)C(=O)O. The van der Waals surface area contributed by atoms with Gasteiger partial charge in [0.25, 0.3) is 0 Å². The first-order valence-corrected chi connectivity index (χ1v) is 9.46. The molecule has 0 atom stereocenters. The van der Waals surface area contributed by atoms with Crippen LogP contribution in [0, 0.1) is 0 Å². The Morgan fingerprint density at radius 1 is 1.06 bits per heavy atom. The maximum Gasteiger partial charge on any atom is 0.414 e. The van der Waals surface area contributed by atoms with Crippen LogP contribution in [-0.4, -0.2) is 63.4 Å². The third-order valence-electron chi connectivity index (χ3n) is 4.11. The minimum Gasteiger partial charge on any atom is -0.497 e. The van der Waals surface area contributed by atoms with Crippen molar-refractivity contribution in [2.45, 2.75) is 6.54 Å². The molecule has 10 heteroatoms. The van der Waals surface area contributed by atoms with Crippen molar-refractivity contribution in [2.24, 2.45) is 0 Å². The minimum absolute atomic E-state index is 0.0612. The molecule has 0 unspecified atom stereocenters. The molecule has 1 heterocycles. The maximum atomic E-state index is 12.2. The van der Waals surface area contributed by atoms with E-state index in [0.717, 1.165) is 16.9 Å². The van der Waals surface area contributed by atoms with Crippen molar-refractivity contribution < 1.29 is 29.3 Å². The number of aromatic nitrogens is 2. The number of carbonyl (C=O) groups is 3. The van der Waals surface area contributed by atoms with Gasteiger partial charge in [-0.25, -0.2) is 14.3 Å². The maximum absolute atomic E-state index is 12.2. The summed E-state index contributed by atoms with van der Waals surface area (Å²) in [5, 5.41) is 21.9. The molecule has 0 radical (unpaired) electrons. The summed E-state index contributed by atoms with van der Waals surface area (Å²) in [5.41, 5.74) is 2.88. The molecule has 0 fully saturated rings. The predicted molar refractivity (Wildman–Crippen MR) is 117 cm³/mol. The van der Waals surface area contributed by atoms with Gasteiger partial charge in [-0.05, 0) is 42.9 Å². The number of aliphatic carboxylic acids is 2. The number of carbonyl (C=O) groups excluding carboxylic acids is 1. The molecule has 10 nitrogen and oxygen atoms in total. The van der Waals surface area contributed by atoms with Gasteiger partial charge in [-0.15, -0.1) is 0 Å². The molecule has 3 aromatic rings. The van der Waals surface area contributed by atoms with E-state index in [-0.39, 0.29) is 5.91 Å². The van der Waals surface area contributed by atoms with E-state index in [1.807, 2.05) is 71.4 Å². The molecule has 0 aliphatic rings. The lowest BCUT2D eigenvalue weighted by molar-refractivity contribution is -0.159. The van der Waals surface area contributed by atoms with Crippen molar-refractivity contribution in [3.05, 3.63) is 72.6 Å². The Morgan fingerprint density at radius 3 is 2.31 bits per heavy atom. The van der Waals surface area contributed by atoms with Crippen molar-refractivity contribution in [1.82, 2.24) is 14.7 Å². The van der Waals surface area contributed by atoms with E-state index in [1.54, 1.807) is 19.4 Å². The van der Waals surface area contributed by atoms with Crippen LogP contribution < -0.4 is 10.1 Å². The molecule has 0 saturated heterocycles. The Kier molecular flexibility index (Phi) is 8.93. The normalized spacial score (nSPS) is 10.1. The highest BCUT2D eigenvalue weighted by Gasteiger charge is 2.08. The average Bonchev–Trinajstić information content (AvgIpc) is 3.29. The summed E-state index contributed by atoms with van der Waals surface area (Å²) in [5.74, 6) is -2.99. The molecule has 0 aliphatic carbocycles. The number of likely N-dealkylation sites (N-methyl/N-ethyl adjacent to an activating group) is 1. The largest absolute Gasteiger partial charge is 0.497 e. The number of anilines is 1. The Hall–Kier alpha value is -4.18. The standard InChI is InChI=1S/C20H22N4O2.C2H2O4/c1-23(15-20(25)22-17-5-3-6-19(13-17)26-2)14-16-7-9-18(10-8-16)24-12-4-11-21-24;3-1(4)2(5)6/h3-13H,14-15H2,1-2H3,(H,22,25);(H,3,4)(H,5,6). The highest BCUT2D eigenvalue weighted by atomic mass is 16.5. The molecule has 1 aromatic heterocycles. The van der Waals surface area contributed by atoms with E-state index in [9.17, 15) is 4.79 Å². The van der Waals surface area contributed by atoms with Crippen molar-refractivity contribution >= 4 is 23.5 Å². The van der Waals surface area contributed by atoms with Crippen LogP contribution in [0.5, 0.6) is 5.75 Å². The zero-order chi connectivity index (χ0) is 23.5. The first-order chi connectivity index (χ1) is 15.3. The molecule has 1 amide bonds. The van der Waals surface area contributed by atoms with Crippen LogP contribution in [0.25, 0.3) is 5.69 Å². The number of ether oxygens (including phenoxy) is 1. The molecule has 32 heavy (non-hydrogen) atoms. The Balaban J connectivity index is 0.000000534. The second-order valence-corrected chi connectivity index (χ2v) is 6.68. The highest BCUT2D eigenvalue weighted by Crippen LogP contribution is 2.16. The van der Waals surface area contributed by atoms with Crippen LogP contribution in [0.15, 0.2) is 67.0 Å². The van der Waals surface area contributed by atoms with Crippen LogP contribution in [0.4, 0.5) is 5.69 Å². The molecule has 2 aromatic carbocycles. The number of nitrogens with zero attached hydrogens (tertiary/aromatic N) is 3. The summed E-state index contributed by atoms with van der Waals surface area (Å²) >= 11 is 0. The summed E-state index contributed by atoms with van der Waals surface area (Å²) < 4.78 is 6.98. The zero-order valence-corrected chi connectivity index (χ0v) is 17.6. The predicted octanol–water partition coefficient (Wildman–Crippen LogP) is 2.11. The Labute approximate surface area is 184 Å². The third kappa shape index (κ3) is 7.92. The lowest BCUT2D eigenvalue weighted by atomic mass is 10.2. The summed E-state index contributed by atoms with van der Waals surface area (Å²) in [7, 11) is 3.53. The second kappa shape index (κ2) is 11.9. The monoisotopic (exact) mass is 440 g/mol. The molecule has 168 valence electrons. The number of hydrogen-bond donors (Lipinski definition) is 3. The Morgan fingerprint density at radius 2 is 1.75 bits per heavy atom. The Bertz CT molecular complexity index is 1020. The summed E-state index contributed by atoms with van der Waals surface area (Å²) in [4.78, 5) is 32.4. The van der Waals surface area contributed by atoms with Crippen molar-refractivity contribution in [1.29, 1.82) is 0 Å². The number of rotatable bonds is 7. The van der Waals surface area contributed by atoms with Crippen LogP contribution in [0.1, 0.15) is 5.56 Å². The van der Waals surface area contributed by atoms with Gasteiger partial charge in [0.05, 0.1) is 19.3 Å². The van der Waals surface area contributed by atoms with Gasteiger partial charge in [0.1, 0.15) is 5.75 Å². The fourth-order valence-corrected chi connectivity index (χ4v) is 2.69. The third-order valence-corrected chi connectivity index (χ3v) is 4.11. The highest BCUT2D eigenvalue weighted by molar-refractivity contribution is 6.27. The fourth-order valence-electron chi connectivity index (χ4n) is 2.69. The second-order valence-electron chi connectivity index (χ2n) is 6.68. The fraction of sp³-hybridized carbons (Fsp3) is 0.182. The number of hydrogen-bond acceptors (Lipinski definition) is 6. The van der Waals surface area contributed by atoms with Gasteiger partial charge in [0, 0.05) is 30.7 Å². The van der Waals surface area contributed by atoms with E-state index in [0.29, 0.717) is 18.8 Å². The zero-order valence-electron chi connectivity index (χ0n) is 17.6. The van der Waals surface area contributed by atoms with Crippen molar-refractivity contribution in [3.8, 4) is 11.4 Å². The number of carboxylic acids is 2. The van der Waals surface area contributed by atoms with Gasteiger partial charge >= 0.3 is 11.9 Å². The lowest BCUT2D eigenvalue weighted by Crippen LogP contribution is -2.29. The number of carboxylic acid groups (broad SMARTS) is 2. The van der Waals surface area contributed by atoms with Gasteiger partial charge in [0.15, 0.2) is 0 Å². The molecular formula is C22H24N4O6. The van der Waals surface area contributed by atoms with E-state index in [2.05, 4.69) is 10.4 Å². The number of nitrogens with one attached hydrogen (secondary N) is 1. The number of amides is 1. The topological polar surface area (TPSA) is 134 Å². The molecule has 3 N–H and O–H groups in total. The minimum atomic E-state index is -1.82. The number of methoxy groups -OCH3 is 1. The first-order valence-electron chi connectivity index (χ1n) is 9.46. The van der Waals surface area contributed by atoms with Crippen LogP contribution in [0.2, 0.25) is 0 Å². The van der Waals surface area contributed by atoms with E-state index < -0.39 is 11.9 Å². The molecule has 0 saturated carbocycles. The van der Waals surface area contributed by atoms with Gasteiger partial charge in [0.2, 0.25) is 5.91 Å². The smallest absolute Gasteiger partial charge is 0.414 e. The first kappa shape index (κ1) is 24.1. The summed E-state index contributed by atoms with van der Waals surface area (Å²) in [6.07, 6.45) is 3.66. The van der Waals surface area contributed by atoms with Gasteiger partial charge < -0.3 is 20.3 Å². The molecular weight excluding hydrogens is 416 g/mol. The van der Waals surface area contributed by atoms with Crippen molar-refractivity contribution in [3.63, 3.8) is 0 Å². The van der Waals surface area contributed by atoms with Crippen LogP contribution in [-0.2, 0) is 20.9 Å². The lowest BCUT2D eigenvalue weighted by Gasteiger charge is -2.17. The molecule has 3 rings (SSSR count). The van der Waals surface area contributed by atoms with E-state index >= 15 is 0 Å². The average molecular weight is 440 g/mol. The van der Waals surface area contributed by atoms with Gasteiger partial charge in [-0.3, -0.25) is 9.69 Å². The van der Waals surface area contributed by atoms with Gasteiger partial charge in [-0.2, -0.15) is 5.10 Å². The van der Waals surface area contributed by atoms with Crippen molar-refractivity contribution in [2.75, 3.05) is 26.0 Å². The number of benzene rings is 2. The molecule has 0 spiro atoms. The van der Waals surface area contributed by atoms with Crippen LogP contribution >= 0.6 is 0 Å². The summed E-state index contributed by atoms with van der Waals surface area (Å²) in [6, 6.07) is 17.4. The molecule has 0 aliphatic heterocycles. The van der Waals surface area contributed by atoms with E-state index in [4.69, 9.17) is 24.5 Å². The van der Waals surface area contributed by atoms with Crippen LogP contribution in [0.3, 0.4) is 0 Å². The molecule has 0 bridgehead atoms. The quantitative estimate of drug-likeness (QED) is 0.476. The van der Waals surface area contributed by atoms with Gasteiger partial charge in [-0.1, -0.05) is 18.2 Å². The van der Waals surface area contributed by atoms with E-state index in [1.165, 1.54) is 0 Å². The summed E-state index contributed by atoms with van der Waals surface area (Å²) in [6.45, 7) is 0.989.